The molecule has 0 radical (unpaired) electrons. The molecule has 2 aromatic carbocycles. The average molecular weight is 526 g/mol. The van der Waals surface area contributed by atoms with E-state index >= 15 is 0 Å². The van der Waals surface area contributed by atoms with E-state index in [1.165, 1.54) is 6.26 Å². The predicted molar refractivity (Wildman–Crippen MR) is 134 cm³/mol. The lowest BCUT2D eigenvalue weighted by atomic mass is 9.99. The van der Waals surface area contributed by atoms with Gasteiger partial charge in [-0.1, -0.05) is 31.2 Å². The highest BCUT2D eigenvalue weighted by molar-refractivity contribution is 7.84. The van der Waals surface area contributed by atoms with Crippen molar-refractivity contribution in [3.05, 3.63) is 70.8 Å². The molecule has 2 aromatic rings. The molecule has 0 saturated carbocycles. The van der Waals surface area contributed by atoms with E-state index in [4.69, 9.17) is 5.11 Å². The Labute approximate surface area is 211 Å². The number of aryl methyl sites for hydroxylation is 1. The highest BCUT2D eigenvalue weighted by Gasteiger charge is 2.27. The van der Waals surface area contributed by atoms with Gasteiger partial charge < -0.3 is 26.2 Å². The second kappa shape index (κ2) is 14.6. The second-order valence-electron chi connectivity index (χ2n) is 8.54. The van der Waals surface area contributed by atoms with Gasteiger partial charge in [0.1, 0.15) is 17.7 Å². The van der Waals surface area contributed by atoms with E-state index in [0.29, 0.717) is 6.54 Å². The van der Waals surface area contributed by atoms with Gasteiger partial charge in [-0.25, -0.2) is 13.6 Å². The topological polar surface area (TPSA) is 128 Å². The number of benzene rings is 2. The Morgan fingerprint density at radius 3 is 2.31 bits per heavy atom. The molecule has 198 valence electrons. The molecule has 1 unspecified atom stereocenters. The molecule has 36 heavy (non-hydrogen) atoms. The molecule has 0 saturated heterocycles. The number of carbonyl (C=O) groups excluding carboxylic acids is 1. The summed E-state index contributed by atoms with van der Waals surface area (Å²) in [6.07, 6.45) is -0.411. The van der Waals surface area contributed by atoms with Crippen molar-refractivity contribution in [1.82, 2.24) is 16.0 Å². The number of hydrogen-bond acceptors (Lipinski definition) is 5. The summed E-state index contributed by atoms with van der Waals surface area (Å²) in [6.45, 7) is 2.55. The lowest BCUT2D eigenvalue weighted by molar-refractivity contribution is -0.124. The van der Waals surface area contributed by atoms with Gasteiger partial charge in [0.05, 0.1) is 12.1 Å². The molecule has 5 N–H and O–H groups in total. The van der Waals surface area contributed by atoms with Crippen molar-refractivity contribution in [2.75, 3.05) is 18.6 Å². The monoisotopic (exact) mass is 525 g/mol. The molecule has 2 rings (SSSR count). The third-order valence-electron chi connectivity index (χ3n) is 5.56. The number of amides is 2. The van der Waals surface area contributed by atoms with Crippen LogP contribution in [0.1, 0.15) is 30.0 Å². The third-order valence-corrected chi connectivity index (χ3v) is 6.37. The summed E-state index contributed by atoms with van der Waals surface area (Å²) in [4.78, 5) is 24.0. The molecular formula is C25H33F2N3O5S. The van der Waals surface area contributed by atoms with E-state index in [-0.39, 0.29) is 30.7 Å². The molecule has 8 nitrogen and oxygen atoms in total. The molecule has 0 heterocycles. The van der Waals surface area contributed by atoms with Crippen LogP contribution < -0.4 is 16.0 Å². The van der Waals surface area contributed by atoms with Gasteiger partial charge >= 0.3 is 6.09 Å². The second-order valence-corrected chi connectivity index (χ2v) is 10.1. The first-order valence-electron chi connectivity index (χ1n) is 11.6. The quantitative estimate of drug-likeness (QED) is 0.257. The van der Waals surface area contributed by atoms with Crippen LogP contribution in [0.2, 0.25) is 0 Å². The van der Waals surface area contributed by atoms with Crippen molar-refractivity contribution in [1.29, 1.82) is 0 Å². The van der Waals surface area contributed by atoms with E-state index in [0.717, 1.165) is 35.7 Å². The van der Waals surface area contributed by atoms with E-state index in [1.54, 1.807) is 0 Å². The first-order chi connectivity index (χ1) is 17.1. The number of aliphatic hydroxyl groups excluding tert-OH is 1. The number of carboxylic acid groups (broad SMARTS) is 1. The maximum absolute atomic E-state index is 13.7. The fourth-order valence-corrected chi connectivity index (χ4v) is 4.28. The van der Waals surface area contributed by atoms with Crippen LogP contribution in [0.5, 0.6) is 0 Å². The Morgan fingerprint density at radius 1 is 1.03 bits per heavy atom. The van der Waals surface area contributed by atoms with Gasteiger partial charge in [-0.15, -0.1) is 0 Å². The normalized spacial score (nSPS) is 14.5. The summed E-state index contributed by atoms with van der Waals surface area (Å²) < 4.78 is 38.9. The zero-order chi connectivity index (χ0) is 26.7. The zero-order valence-electron chi connectivity index (χ0n) is 20.3. The Bertz CT molecular complexity index is 1040. The van der Waals surface area contributed by atoms with Crippen LogP contribution in [0.15, 0.2) is 42.5 Å². The van der Waals surface area contributed by atoms with Gasteiger partial charge in [0.25, 0.3) is 0 Å². The molecule has 0 aliphatic rings. The van der Waals surface area contributed by atoms with E-state index in [9.17, 15) is 27.7 Å². The van der Waals surface area contributed by atoms with Crippen LogP contribution in [0.4, 0.5) is 13.6 Å². The first kappa shape index (κ1) is 29.3. The molecule has 0 bridgehead atoms. The van der Waals surface area contributed by atoms with Crippen LogP contribution in [0, 0.1) is 11.6 Å². The molecule has 0 aliphatic heterocycles. The minimum absolute atomic E-state index is 0.0231. The van der Waals surface area contributed by atoms with Gasteiger partial charge in [-0.05, 0) is 48.1 Å². The summed E-state index contributed by atoms with van der Waals surface area (Å²) in [5.41, 5.74) is 2.38. The lowest BCUT2D eigenvalue weighted by Gasteiger charge is -2.27. The number of carbonyl (C=O) groups is 2. The summed E-state index contributed by atoms with van der Waals surface area (Å²) in [6, 6.07) is 8.65. The number of aliphatic hydroxyl groups is 1. The van der Waals surface area contributed by atoms with Crippen LogP contribution >= 0.6 is 0 Å². The van der Waals surface area contributed by atoms with Crippen LogP contribution in [-0.4, -0.2) is 63.2 Å². The minimum atomic E-state index is -1.43. The van der Waals surface area contributed by atoms with Gasteiger partial charge in [-0.3, -0.25) is 9.00 Å². The smallest absolute Gasteiger partial charge is 0.405 e. The molecule has 4 atom stereocenters. The van der Waals surface area contributed by atoms with Gasteiger partial charge in [0, 0.05) is 42.0 Å². The molecule has 0 spiro atoms. The molecule has 2 amide bonds. The Balaban J connectivity index is 2.14. The number of rotatable bonds is 14. The number of nitrogens with one attached hydrogen (secondary N) is 3. The van der Waals surface area contributed by atoms with E-state index in [1.807, 2.05) is 31.2 Å². The largest absolute Gasteiger partial charge is 0.465 e. The average Bonchev–Trinajstić information content (AvgIpc) is 2.80. The maximum atomic E-state index is 13.7. The molecule has 0 aromatic heterocycles. The molecule has 0 aliphatic carbocycles. The summed E-state index contributed by atoms with van der Waals surface area (Å²) >= 11 is 0. The van der Waals surface area contributed by atoms with Crippen LogP contribution in [0.3, 0.4) is 0 Å². The first-order valence-corrected chi connectivity index (χ1v) is 13.3. The van der Waals surface area contributed by atoms with Crippen molar-refractivity contribution >= 4 is 22.8 Å². The maximum Gasteiger partial charge on any atom is 0.405 e. The SMILES string of the molecule is CCc1cccc(CNC[C@H](O)[C@H](Cc2cc(F)cc(F)c2)NC(=O)[C@@H](CCS(C)=O)NC(=O)O)c1. The van der Waals surface area contributed by atoms with Crippen LogP contribution in [-0.2, 0) is 35.0 Å². The Kier molecular flexibility index (Phi) is 11.9. The summed E-state index contributed by atoms with van der Waals surface area (Å²) in [5, 5.41) is 27.8. The number of halogens is 2. The van der Waals surface area contributed by atoms with E-state index < -0.39 is 52.6 Å². The van der Waals surface area contributed by atoms with Gasteiger partial charge in [0.15, 0.2) is 0 Å². The van der Waals surface area contributed by atoms with E-state index in [2.05, 4.69) is 16.0 Å². The van der Waals surface area contributed by atoms with Crippen molar-refractivity contribution in [2.24, 2.45) is 0 Å². The highest BCUT2D eigenvalue weighted by Crippen LogP contribution is 2.13. The standard InChI is InChI=1S/C25H33F2N3O5S/c1-3-16-5-4-6-17(9-16)14-28-15-23(31)22(12-18-10-19(26)13-20(27)11-18)29-24(32)21(30-25(33)34)7-8-36(2)35/h4-6,9-11,13,21-23,28,30-31H,3,7-8,12,14-15H2,1-2H3,(H,29,32)(H,33,34)/t21-,22+,23+,36?/m1/s1. The summed E-state index contributed by atoms with van der Waals surface area (Å²) in [7, 11) is -1.26. The third kappa shape index (κ3) is 10.4. The van der Waals surface area contributed by atoms with Crippen LogP contribution in [0.25, 0.3) is 0 Å². The van der Waals surface area contributed by atoms with Crippen molar-refractivity contribution in [3.8, 4) is 0 Å². The Morgan fingerprint density at radius 2 is 1.69 bits per heavy atom. The summed E-state index contributed by atoms with van der Waals surface area (Å²) in [5.74, 6) is -2.25. The molecule has 11 heteroatoms. The molecular weight excluding hydrogens is 492 g/mol. The minimum Gasteiger partial charge on any atom is -0.465 e. The lowest BCUT2D eigenvalue weighted by Crippen LogP contribution is -2.55. The fraction of sp³-hybridized carbons (Fsp3) is 0.440. The van der Waals surface area contributed by atoms with Crippen molar-refractivity contribution in [3.63, 3.8) is 0 Å². The predicted octanol–water partition coefficient (Wildman–Crippen LogP) is 2.11. The fourth-order valence-electron chi connectivity index (χ4n) is 3.72. The van der Waals surface area contributed by atoms with Crippen molar-refractivity contribution < 1.29 is 32.8 Å². The Hall–Kier alpha value is -2.89. The molecule has 0 fully saturated rings. The number of hydrogen-bond donors (Lipinski definition) is 5. The van der Waals surface area contributed by atoms with Gasteiger partial charge in [0.2, 0.25) is 5.91 Å². The highest BCUT2D eigenvalue weighted by atomic mass is 32.2. The van der Waals surface area contributed by atoms with Crippen molar-refractivity contribution in [2.45, 2.75) is 50.9 Å². The van der Waals surface area contributed by atoms with Gasteiger partial charge in [-0.2, -0.15) is 0 Å². The zero-order valence-corrected chi connectivity index (χ0v) is 21.1.